The maximum Gasteiger partial charge on any atom is 0.342 e. The van der Waals surface area contributed by atoms with Crippen LogP contribution in [-0.4, -0.2) is 22.2 Å². The van der Waals surface area contributed by atoms with E-state index in [1.807, 2.05) is 12.1 Å². The SMILES string of the molecule is CC(C)(C)c1ccc(S/C(=C\C(=O)O)C(=O)O)cc1. The molecule has 0 aliphatic rings. The first-order valence-corrected chi connectivity index (χ1v) is 6.48. The average Bonchev–Trinajstić information content (AvgIpc) is 2.27. The number of hydrogen-bond donors (Lipinski definition) is 2. The third-order valence-electron chi connectivity index (χ3n) is 2.41. The number of thioether (sulfide) groups is 1. The lowest BCUT2D eigenvalue weighted by Gasteiger charge is -2.19. The molecule has 0 aromatic heterocycles. The summed E-state index contributed by atoms with van der Waals surface area (Å²) in [6.07, 6.45) is 0.699. The highest BCUT2D eigenvalue weighted by Crippen LogP contribution is 2.29. The largest absolute Gasteiger partial charge is 0.478 e. The summed E-state index contributed by atoms with van der Waals surface area (Å²) in [5.74, 6) is -2.51. The van der Waals surface area contributed by atoms with Crippen molar-refractivity contribution in [1.29, 1.82) is 0 Å². The molecule has 0 saturated heterocycles. The van der Waals surface area contributed by atoms with E-state index in [1.54, 1.807) is 12.1 Å². The zero-order chi connectivity index (χ0) is 14.6. The lowest BCUT2D eigenvalue weighted by molar-refractivity contribution is -0.134. The molecule has 4 nitrogen and oxygen atoms in total. The van der Waals surface area contributed by atoms with Crippen LogP contribution < -0.4 is 0 Å². The first-order chi connectivity index (χ1) is 8.70. The van der Waals surface area contributed by atoms with Gasteiger partial charge in [0.2, 0.25) is 0 Å². The van der Waals surface area contributed by atoms with Crippen LogP contribution in [0, 0.1) is 0 Å². The van der Waals surface area contributed by atoms with E-state index in [0.29, 0.717) is 11.0 Å². The zero-order valence-electron chi connectivity index (χ0n) is 11.0. The summed E-state index contributed by atoms with van der Waals surface area (Å²) >= 11 is 0.925. The molecule has 2 N–H and O–H groups in total. The van der Waals surface area contributed by atoms with Gasteiger partial charge in [-0.3, -0.25) is 0 Å². The van der Waals surface area contributed by atoms with Crippen LogP contribution in [0.5, 0.6) is 0 Å². The van der Waals surface area contributed by atoms with Gasteiger partial charge in [0.25, 0.3) is 0 Å². The first-order valence-electron chi connectivity index (χ1n) is 5.66. The fourth-order valence-electron chi connectivity index (χ4n) is 1.40. The van der Waals surface area contributed by atoms with Gasteiger partial charge in [-0.05, 0) is 23.1 Å². The van der Waals surface area contributed by atoms with E-state index in [1.165, 1.54) is 0 Å². The molecule has 0 spiro atoms. The Morgan fingerprint density at radius 2 is 1.63 bits per heavy atom. The Morgan fingerprint density at radius 3 is 2.00 bits per heavy atom. The number of carbonyl (C=O) groups is 2. The van der Waals surface area contributed by atoms with Crippen LogP contribution in [0.1, 0.15) is 26.3 Å². The van der Waals surface area contributed by atoms with Gasteiger partial charge in [-0.25, -0.2) is 9.59 Å². The smallest absolute Gasteiger partial charge is 0.342 e. The molecule has 0 heterocycles. The van der Waals surface area contributed by atoms with Crippen molar-refractivity contribution >= 4 is 23.7 Å². The lowest BCUT2D eigenvalue weighted by Crippen LogP contribution is -2.10. The van der Waals surface area contributed by atoms with Crippen molar-refractivity contribution < 1.29 is 19.8 Å². The van der Waals surface area contributed by atoms with Gasteiger partial charge in [0, 0.05) is 11.0 Å². The summed E-state index contributed by atoms with van der Waals surface area (Å²) in [5.41, 5.74) is 1.16. The van der Waals surface area contributed by atoms with Gasteiger partial charge >= 0.3 is 11.9 Å². The number of hydrogen-bond acceptors (Lipinski definition) is 3. The van der Waals surface area contributed by atoms with Gasteiger partial charge in [-0.15, -0.1) is 0 Å². The minimum atomic E-state index is -1.27. The van der Waals surface area contributed by atoms with Gasteiger partial charge in [0.1, 0.15) is 4.91 Å². The average molecular weight is 280 g/mol. The second kappa shape index (κ2) is 5.93. The molecule has 0 fully saturated rings. The Bertz CT molecular complexity index is 509. The van der Waals surface area contributed by atoms with Gasteiger partial charge in [0.15, 0.2) is 0 Å². The fourth-order valence-corrected chi connectivity index (χ4v) is 2.17. The molecule has 1 aromatic carbocycles. The minimum absolute atomic E-state index is 0.0235. The Balaban J connectivity index is 2.94. The van der Waals surface area contributed by atoms with Gasteiger partial charge in [0.05, 0.1) is 0 Å². The van der Waals surface area contributed by atoms with Crippen molar-refractivity contribution in [1.82, 2.24) is 0 Å². The van der Waals surface area contributed by atoms with E-state index in [-0.39, 0.29) is 10.3 Å². The maximum absolute atomic E-state index is 10.9. The molecule has 1 aromatic rings. The van der Waals surface area contributed by atoms with Crippen molar-refractivity contribution in [2.75, 3.05) is 0 Å². The Hall–Kier alpha value is -1.75. The molecule has 0 unspecified atom stereocenters. The summed E-state index contributed by atoms with van der Waals surface area (Å²) in [4.78, 5) is 21.9. The van der Waals surface area contributed by atoms with E-state index in [4.69, 9.17) is 10.2 Å². The number of benzene rings is 1. The van der Waals surface area contributed by atoms with E-state index in [2.05, 4.69) is 20.8 Å². The van der Waals surface area contributed by atoms with Crippen LogP contribution in [0.3, 0.4) is 0 Å². The van der Waals surface area contributed by atoms with E-state index in [9.17, 15) is 9.59 Å². The van der Waals surface area contributed by atoms with Crippen molar-refractivity contribution in [2.45, 2.75) is 31.1 Å². The standard InChI is InChI=1S/C14H16O4S/c1-14(2,3)9-4-6-10(7-5-9)19-11(13(17)18)8-12(15)16/h4-8H,1-3H3,(H,15,16)(H,17,18)/b11-8-. The Labute approximate surface area is 116 Å². The van der Waals surface area contributed by atoms with Gasteiger partial charge in [-0.1, -0.05) is 44.7 Å². The molecule has 0 bridgehead atoms. The van der Waals surface area contributed by atoms with Crippen LogP contribution in [0.2, 0.25) is 0 Å². The van der Waals surface area contributed by atoms with E-state index >= 15 is 0 Å². The summed E-state index contributed by atoms with van der Waals surface area (Å²) in [7, 11) is 0. The third-order valence-corrected chi connectivity index (χ3v) is 3.43. The van der Waals surface area contributed by atoms with Crippen LogP contribution in [0.15, 0.2) is 40.1 Å². The molecular formula is C14H16O4S. The highest BCUT2D eigenvalue weighted by Gasteiger charge is 2.15. The Kier molecular flexibility index (Phi) is 4.78. The van der Waals surface area contributed by atoms with Crippen LogP contribution in [0.25, 0.3) is 0 Å². The van der Waals surface area contributed by atoms with Crippen LogP contribution in [0.4, 0.5) is 0 Å². The van der Waals surface area contributed by atoms with Crippen LogP contribution >= 0.6 is 11.8 Å². The first kappa shape index (κ1) is 15.3. The molecule has 5 heteroatoms. The molecule has 0 amide bonds. The molecule has 0 aliphatic heterocycles. The van der Waals surface area contributed by atoms with Gasteiger partial charge in [-0.2, -0.15) is 0 Å². The molecular weight excluding hydrogens is 264 g/mol. The summed E-state index contributed by atoms with van der Waals surface area (Å²) < 4.78 is 0. The third kappa shape index (κ3) is 4.79. The lowest BCUT2D eigenvalue weighted by atomic mass is 9.87. The zero-order valence-corrected chi connectivity index (χ0v) is 11.8. The molecule has 0 atom stereocenters. The predicted molar refractivity (Wildman–Crippen MR) is 74.4 cm³/mol. The Morgan fingerprint density at radius 1 is 1.11 bits per heavy atom. The van der Waals surface area contributed by atoms with Crippen molar-refractivity contribution in [3.63, 3.8) is 0 Å². The van der Waals surface area contributed by atoms with Crippen molar-refractivity contribution in [2.24, 2.45) is 0 Å². The van der Waals surface area contributed by atoms with Crippen LogP contribution in [-0.2, 0) is 15.0 Å². The molecule has 102 valence electrons. The van der Waals surface area contributed by atoms with E-state index in [0.717, 1.165) is 17.3 Å². The molecule has 0 radical (unpaired) electrons. The molecule has 1 rings (SSSR count). The second-order valence-corrected chi connectivity index (χ2v) is 6.14. The minimum Gasteiger partial charge on any atom is -0.478 e. The highest BCUT2D eigenvalue weighted by molar-refractivity contribution is 8.04. The topological polar surface area (TPSA) is 74.6 Å². The summed E-state index contributed by atoms with van der Waals surface area (Å²) in [5, 5.41) is 17.5. The van der Waals surface area contributed by atoms with E-state index < -0.39 is 11.9 Å². The van der Waals surface area contributed by atoms with Crippen molar-refractivity contribution in [3.05, 3.63) is 40.8 Å². The fraction of sp³-hybridized carbons (Fsp3) is 0.286. The molecule has 0 saturated carbocycles. The number of carboxylic acids is 2. The predicted octanol–water partition coefficient (Wildman–Crippen LogP) is 3.13. The summed E-state index contributed by atoms with van der Waals surface area (Å²) in [6, 6.07) is 7.43. The summed E-state index contributed by atoms with van der Waals surface area (Å²) in [6.45, 7) is 6.26. The quantitative estimate of drug-likeness (QED) is 0.654. The van der Waals surface area contributed by atoms with Crippen molar-refractivity contribution in [3.8, 4) is 0 Å². The maximum atomic E-state index is 10.9. The number of aliphatic carboxylic acids is 2. The number of rotatable bonds is 4. The highest BCUT2D eigenvalue weighted by atomic mass is 32.2. The molecule has 0 aliphatic carbocycles. The number of carboxylic acid groups (broad SMARTS) is 2. The van der Waals surface area contributed by atoms with Gasteiger partial charge < -0.3 is 10.2 Å². The second-order valence-electron chi connectivity index (χ2n) is 5.03. The monoisotopic (exact) mass is 280 g/mol. The normalized spacial score (nSPS) is 12.3. The molecule has 19 heavy (non-hydrogen) atoms.